The Morgan fingerprint density at radius 1 is 0.852 bits per heavy atom. The van der Waals surface area contributed by atoms with Crippen molar-refractivity contribution in [1.82, 2.24) is 0 Å². The second-order valence-electron chi connectivity index (χ2n) is 6.30. The van der Waals surface area contributed by atoms with Crippen molar-refractivity contribution in [1.29, 1.82) is 0 Å². The lowest BCUT2D eigenvalue weighted by atomic mass is 10.1. The maximum Gasteiger partial charge on any atom is 0.161 e. The largest absolute Gasteiger partial charge is 0.490 e. The van der Waals surface area contributed by atoms with Gasteiger partial charge in [-0.25, -0.2) is 0 Å². The van der Waals surface area contributed by atoms with E-state index >= 15 is 0 Å². The van der Waals surface area contributed by atoms with E-state index in [1.807, 2.05) is 55.5 Å². The minimum absolute atomic E-state index is 0.470. The summed E-state index contributed by atoms with van der Waals surface area (Å²) in [4.78, 5) is 0. The van der Waals surface area contributed by atoms with Gasteiger partial charge in [-0.3, -0.25) is 0 Å². The van der Waals surface area contributed by atoms with Gasteiger partial charge in [0.1, 0.15) is 6.61 Å². The summed E-state index contributed by atoms with van der Waals surface area (Å²) in [6, 6.07) is 22.0. The molecule has 0 spiro atoms. The second kappa shape index (κ2) is 9.33. The first-order chi connectivity index (χ1) is 13.2. The number of halogens is 1. The van der Waals surface area contributed by atoms with Crippen LogP contribution in [0.3, 0.4) is 0 Å². The lowest BCUT2D eigenvalue weighted by molar-refractivity contribution is 0.269. The number of anilines is 1. The summed E-state index contributed by atoms with van der Waals surface area (Å²) in [5, 5.41) is 4.19. The smallest absolute Gasteiger partial charge is 0.161 e. The molecule has 0 aliphatic carbocycles. The number of hydrogen-bond acceptors (Lipinski definition) is 3. The third-order valence-corrected chi connectivity index (χ3v) is 4.50. The van der Waals surface area contributed by atoms with E-state index in [2.05, 4.69) is 30.4 Å². The van der Waals surface area contributed by atoms with Crippen molar-refractivity contribution in [3.8, 4) is 11.5 Å². The molecule has 4 heteroatoms. The Morgan fingerprint density at radius 2 is 1.59 bits per heavy atom. The van der Waals surface area contributed by atoms with Crippen LogP contribution in [0.5, 0.6) is 11.5 Å². The molecular formula is C23H24ClNO2. The number of aryl methyl sites for hydroxylation is 1. The van der Waals surface area contributed by atoms with Gasteiger partial charge in [-0.15, -0.1) is 0 Å². The average molecular weight is 382 g/mol. The number of rotatable bonds is 8. The van der Waals surface area contributed by atoms with E-state index in [9.17, 15) is 0 Å². The summed E-state index contributed by atoms with van der Waals surface area (Å²) in [7, 11) is 0. The van der Waals surface area contributed by atoms with Crippen LogP contribution >= 0.6 is 11.6 Å². The van der Waals surface area contributed by atoms with Crippen molar-refractivity contribution in [3.05, 3.63) is 88.4 Å². The highest BCUT2D eigenvalue weighted by Crippen LogP contribution is 2.30. The van der Waals surface area contributed by atoms with Crippen LogP contribution in [-0.4, -0.2) is 6.61 Å². The maximum absolute atomic E-state index is 5.96. The van der Waals surface area contributed by atoms with Crippen LogP contribution in [-0.2, 0) is 13.2 Å². The Balaban J connectivity index is 1.68. The molecule has 3 rings (SSSR count). The minimum Gasteiger partial charge on any atom is -0.490 e. The Hall–Kier alpha value is -2.65. The molecule has 0 aliphatic heterocycles. The van der Waals surface area contributed by atoms with Gasteiger partial charge in [0.15, 0.2) is 11.5 Å². The zero-order chi connectivity index (χ0) is 19.1. The molecule has 140 valence electrons. The van der Waals surface area contributed by atoms with Gasteiger partial charge in [0.2, 0.25) is 0 Å². The van der Waals surface area contributed by atoms with E-state index in [1.165, 1.54) is 5.56 Å². The van der Waals surface area contributed by atoms with E-state index in [-0.39, 0.29) is 0 Å². The first kappa shape index (κ1) is 19.1. The fourth-order valence-electron chi connectivity index (χ4n) is 2.76. The predicted molar refractivity (Wildman–Crippen MR) is 112 cm³/mol. The van der Waals surface area contributed by atoms with Crippen molar-refractivity contribution in [2.75, 3.05) is 11.9 Å². The molecule has 0 bridgehead atoms. The summed E-state index contributed by atoms with van der Waals surface area (Å²) >= 11 is 5.93. The number of benzene rings is 3. The fourth-order valence-corrected chi connectivity index (χ4v) is 2.89. The summed E-state index contributed by atoms with van der Waals surface area (Å²) in [6.45, 7) is 5.86. The molecule has 0 amide bonds. The zero-order valence-electron chi connectivity index (χ0n) is 15.7. The quantitative estimate of drug-likeness (QED) is 0.501. The predicted octanol–water partition coefficient (Wildman–Crippen LogP) is 6.24. The maximum atomic E-state index is 5.96. The molecule has 3 aromatic rings. The van der Waals surface area contributed by atoms with Gasteiger partial charge in [-0.2, -0.15) is 0 Å². The summed E-state index contributed by atoms with van der Waals surface area (Å²) in [5.41, 5.74) is 4.57. The third-order valence-electron chi connectivity index (χ3n) is 4.24. The van der Waals surface area contributed by atoms with Crippen molar-refractivity contribution in [2.24, 2.45) is 0 Å². The van der Waals surface area contributed by atoms with Crippen LogP contribution in [0.25, 0.3) is 0 Å². The van der Waals surface area contributed by atoms with E-state index in [1.54, 1.807) is 0 Å². The topological polar surface area (TPSA) is 30.5 Å². The minimum atomic E-state index is 0.470. The number of nitrogens with one attached hydrogen (secondary N) is 1. The first-order valence-corrected chi connectivity index (χ1v) is 9.46. The highest BCUT2D eigenvalue weighted by atomic mass is 35.5. The van der Waals surface area contributed by atoms with E-state index in [0.717, 1.165) is 39.9 Å². The van der Waals surface area contributed by atoms with Gasteiger partial charge < -0.3 is 14.8 Å². The van der Waals surface area contributed by atoms with Gasteiger partial charge in [0.05, 0.1) is 6.61 Å². The second-order valence-corrected chi connectivity index (χ2v) is 6.73. The van der Waals surface area contributed by atoms with E-state index in [0.29, 0.717) is 13.2 Å². The van der Waals surface area contributed by atoms with Gasteiger partial charge in [0, 0.05) is 17.3 Å². The Kier molecular flexibility index (Phi) is 6.61. The highest BCUT2D eigenvalue weighted by molar-refractivity contribution is 6.30. The molecule has 0 saturated carbocycles. The first-order valence-electron chi connectivity index (χ1n) is 9.08. The summed E-state index contributed by atoms with van der Waals surface area (Å²) < 4.78 is 11.8. The molecule has 0 radical (unpaired) electrons. The molecular weight excluding hydrogens is 358 g/mol. The van der Waals surface area contributed by atoms with Crippen molar-refractivity contribution in [3.63, 3.8) is 0 Å². The highest BCUT2D eigenvalue weighted by Gasteiger charge is 2.08. The van der Waals surface area contributed by atoms with E-state index < -0.39 is 0 Å². The molecule has 27 heavy (non-hydrogen) atoms. The van der Waals surface area contributed by atoms with Crippen LogP contribution in [0.15, 0.2) is 66.7 Å². The van der Waals surface area contributed by atoms with Crippen LogP contribution in [0, 0.1) is 6.92 Å². The Bertz CT molecular complexity index is 878. The molecule has 0 unspecified atom stereocenters. The zero-order valence-corrected chi connectivity index (χ0v) is 16.4. The molecule has 0 saturated heterocycles. The van der Waals surface area contributed by atoms with Crippen LogP contribution in [0.4, 0.5) is 5.69 Å². The number of hydrogen-bond donors (Lipinski definition) is 1. The van der Waals surface area contributed by atoms with Crippen molar-refractivity contribution in [2.45, 2.75) is 27.0 Å². The number of para-hydroxylation sites is 1. The Morgan fingerprint density at radius 3 is 2.33 bits per heavy atom. The molecule has 0 atom stereocenters. The van der Waals surface area contributed by atoms with Gasteiger partial charge >= 0.3 is 0 Å². The van der Waals surface area contributed by atoms with Crippen molar-refractivity contribution < 1.29 is 9.47 Å². The van der Waals surface area contributed by atoms with Gasteiger partial charge in [-0.05, 0) is 60.9 Å². The van der Waals surface area contributed by atoms with Gasteiger partial charge in [-0.1, -0.05) is 48.0 Å². The lowest BCUT2D eigenvalue weighted by Crippen LogP contribution is -2.03. The molecule has 3 aromatic carbocycles. The molecule has 0 heterocycles. The molecule has 0 aliphatic rings. The van der Waals surface area contributed by atoms with Crippen LogP contribution in [0.2, 0.25) is 5.02 Å². The third kappa shape index (κ3) is 5.41. The average Bonchev–Trinajstić information content (AvgIpc) is 2.68. The molecule has 0 aromatic heterocycles. The Labute approximate surface area is 165 Å². The molecule has 3 nitrogen and oxygen atoms in total. The molecule has 1 N–H and O–H groups in total. The lowest BCUT2D eigenvalue weighted by Gasteiger charge is -2.15. The van der Waals surface area contributed by atoms with E-state index in [4.69, 9.17) is 21.1 Å². The fraction of sp³-hybridized carbons (Fsp3) is 0.217. The molecule has 0 fully saturated rings. The summed E-state index contributed by atoms with van der Waals surface area (Å²) in [5.74, 6) is 1.50. The monoisotopic (exact) mass is 381 g/mol. The van der Waals surface area contributed by atoms with Crippen LogP contribution < -0.4 is 14.8 Å². The standard InChI is InChI=1S/C23H24ClNO2/c1-3-26-23-14-19(15-25-21-7-5-4-6-17(21)2)10-13-22(23)27-16-18-8-11-20(24)12-9-18/h4-14,25H,3,15-16H2,1-2H3. The van der Waals surface area contributed by atoms with Crippen molar-refractivity contribution >= 4 is 17.3 Å². The summed E-state index contributed by atoms with van der Waals surface area (Å²) in [6.07, 6.45) is 0. The van der Waals surface area contributed by atoms with Crippen LogP contribution in [0.1, 0.15) is 23.6 Å². The van der Waals surface area contributed by atoms with Gasteiger partial charge in [0.25, 0.3) is 0 Å². The normalized spacial score (nSPS) is 10.5. The SMILES string of the molecule is CCOc1cc(CNc2ccccc2C)ccc1OCc1ccc(Cl)cc1. The number of ether oxygens (including phenoxy) is 2.